The van der Waals surface area contributed by atoms with Gasteiger partial charge in [0.1, 0.15) is 0 Å². The molecule has 0 saturated heterocycles. The van der Waals surface area contributed by atoms with Crippen molar-refractivity contribution < 1.29 is 4.79 Å². The van der Waals surface area contributed by atoms with E-state index in [4.69, 9.17) is 0 Å². The van der Waals surface area contributed by atoms with E-state index in [9.17, 15) is 4.79 Å². The van der Waals surface area contributed by atoms with Crippen LogP contribution in [0.5, 0.6) is 0 Å². The highest BCUT2D eigenvalue weighted by atomic mass is 16.1. The molecular formula is C9H11NO. The topological polar surface area (TPSA) is 29.1 Å². The Bertz CT molecular complexity index is 250. The van der Waals surface area contributed by atoms with Crippen molar-refractivity contribution in [1.82, 2.24) is 5.32 Å². The van der Waals surface area contributed by atoms with Gasteiger partial charge in [0.05, 0.1) is 0 Å². The van der Waals surface area contributed by atoms with Gasteiger partial charge < -0.3 is 5.32 Å². The van der Waals surface area contributed by atoms with Crippen molar-refractivity contribution in [2.24, 2.45) is 0 Å². The second kappa shape index (κ2) is 2.62. The Kier molecular flexibility index (Phi) is 1.62. The molecule has 2 rings (SSSR count). The molecule has 11 heavy (non-hydrogen) atoms. The van der Waals surface area contributed by atoms with Crippen LogP contribution in [-0.4, -0.2) is 18.9 Å². The molecule has 2 nitrogen and oxygen atoms in total. The molecule has 58 valence electrons. The van der Waals surface area contributed by atoms with Crippen LogP contribution >= 0.6 is 0 Å². The number of nitrogens with one attached hydrogen (secondary N) is 1. The molecule has 0 spiro atoms. The zero-order chi connectivity index (χ0) is 7.68. The fraction of sp³-hybridized carbons (Fsp3) is 0.444. The second-order valence-electron chi connectivity index (χ2n) is 2.96. The molecule has 2 heteroatoms. The molecule has 2 aliphatic rings. The normalized spacial score (nSPS) is 23.8. The van der Waals surface area contributed by atoms with E-state index in [1.54, 1.807) is 0 Å². The second-order valence-corrected chi connectivity index (χ2v) is 2.96. The van der Waals surface area contributed by atoms with Crippen LogP contribution in [0.4, 0.5) is 0 Å². The van der Waals surface area contributed by atoms with Gasteiger partial charge in [0.2, 0.25) is 0 Å². The summed E-state index contributed by atoms with van der Waals surface area (Å²) in [4.78, 5) is 11.3. The highest BCUT2D eigenvalue weighted by Crippen LogP contribution is 2.20. The molecular weight excluding hydrogens is 138 g/mol. The van der Waals surface area contributed by atoms with Gasteiger partial charge in [-0.2, -0.15) is 0 Å². The van der Waals surface area contributed by atoms with Crippen molar-refractivity contribution in [3.8, 4) is 0 Å². The zero-order valence-corrected chi connectivity index (χ0v) is 6.39. The molecule has 0 aromatic carbocycles. The van der Waals surface area contributed by atoms with E-state index in [0.717, 1.165) is 25.1 Å². The fourth-order valence-corrected chi connectivity index (χ4v) is 1.59. The van der Waals surface area contributed by atoms with E-state index in [2.05, 4.69) is 11.4 Å². The number of allylic oxidation sites excluding steroid dienone is 2. The van der Waals surface area contributed by atoms with E-state index in [-0.39, 0.29) is 0 Å². The van der Waals surface area contributed by atoms with Crippen LogP contribution in [0.1, 0.15) is 12.8 Å². The Hall–Kier alpha value is -0.890. The molecule has 0 atom stereocenters. The molecule has 1 aliphatic carbocycles. The molecule has 0 unspecified atom stereocenters. The van der Waals surface area contributed by atoms with E-state index in [0.29, 0.717) is 12.2 Å². The van der Waals surface area contributed by atoms with Gasteiger partial charge in [-0.05, 0) is 18.5 Å². The number of hydrogen-bond acceptors (Lipinski definition) is 2. The number of hydrogen-bond donors (Lipinski definition) is 1. The van der Waals surface area contributed by atoms with Crippen molar-refractivity contribution in [2.75, 3.05) is 13.1 Å². The minimum atomic E-state index is 0.301. The summed E-state index contributed by atoms with van der Waals surface area (Å²) >= 11 is 0. The third-order valence-corrected chi connectivity index (χ3v) is 2.22. The molecule has 0 bridgehead atoms. The quantitative estimate of drug-likeness (QED) is 0.552. The molecule has 1 aliphatic heterocycles. The summed E-state index contributed by atoms with van der Waals surface area (Å²) in [6.45, 7) is 1.79. The standard InChI is InChI=1S/C9H11NO/c11-9-3-1-2-7-4-5-10-6-8(7)9/h1-2,10H,3-6H2. The number of carbonyl (C=O) groups is 1. The van der Waals surface area contributed by atoms with Gasteiger partial charge in [-0.25, -0.2) is 0 Å². The van der Waals surface area contributed by atoms with Gasteiger partial charge in [0, 0.05) is 18.5 Å². The molecule has 0 aromatic rings. The number of carbonyl (C=O) groups excluding carboxylic acids is 1. The van der Waals surface area contributed by atoms with Crippen LogP contribution in [0.15, 0.2) is 23.3 Å². The van der Waals surface area contributed by atoms with Crippen LogP contribution in [0.25, 0.3) is 0 Å². The van der Waals surface area contributed by atoms with Gasteiger partial charge in [-0.3, -0.25) is 4.79 Å². The monoisotopic (exact) mass is 149 g/mol. The smallest absolute Gasteiger partial charge is 0.164 e. The summed E-state index contributed by atoms with van der Waals surface area (Å²) in [6, 6.07) is 0. The van der Waals surface area contributed by atoms with Crippen molar-refractivity contribution in [3.63, 3.8) is 0 Å². The van der Waals surface area contributed by atoms with Gasteiger partial charge >= 0.3 is 0 Å². The molecule has 0 fully saturated rings. The third-order valence-electron chi connectivity index (χ3n) is 2.22. The van der Waals surface area contributed by atoms with Gasteiger partial charge in [0.25, 0.3) is 0 Å². The van der Waals surface area contributed by atoms with Crippen molar-refractivity contribution in [2.45, 2.75) is 12.8 Å². The minimum Gasteiger partial charge on any atom is -0.312 e. The maximum absolute atomic E-state index is 11.3. The zero-order valence-electron chi connectivity index (χ0n) is 6.39. The predicted molar refractivity (Wildman–Crippen MR) is 43.3 cm³/mol. The average molecular weight is 149 g/mol. The lowest BCUT2D eigenvalue weighted by Crippen LogP contribution is -2.29. The first-order valence-corrected chi connectivity index (χ1v) is 4.00. The van der Waals surface area contributed by atoms with Crippen molar-refractivity contribution in [3.05, 3.63) is 23.3 Å². The van der Waals surface area contributed by atoms with E-state index >= 15 is 0 Å². The first-order valence-electron chi connectivity index (χ1n) is 4.00. The summed E-state index contributed by atoms with van der Waals surface area (Å²) in [7, 11) is 0. The van der Waals surface area contributed by atoms with Crippen LogP contribution < -0.4 is 5.32 Å². The van der Waals surface area contributed by atoms with Crippen LogP contribution in [0.2, 0.25) is 0 Å². The highest BCUT2D eigenvalue weighted by Gasteiger charge is 2.18. The van der Waals surface area contributed by atoms with E-state index in [1.807, 2.05) is 6.08 Å². The Balaban J connectivity index is 2.35. The minimum absolute atomic E-state index is 0.301. The van der Waals surface area contributed by atoms with Gasteiger partial charge in [-0.15, -0.1) is 0 Å². The Morgan fingerprint density at radius 1 is 1.45 bits per heavy atom. The lowest BCUT2D eigenvalue weighted by Gasteiger charge is -2.20. The number of ketones is 1. The summed E-state index contributed by atoms with van der Waals surface area (Å²) in [6.07, 6.45) is 5.67. The SMILES string of the molecule is O=C1CC=CC2=C1CNCC2. The maximum atomic E-state index is 11.3. The molecule has 0 saturated carbocycles. The van der Waals surface area contributed by atoms with Crippen LogP contribution in [-0.2, 0) is 4.79 Å². The van der Waals surface area contributed by atoms with Crippen LogP contribution in [0, 0.1) is 0 Å². The molecule has 1 N–H and O–H groups in total. The molecule has 0 aromatic heterocycles. The first-order chi connectivity index (χ1) is 5.38. The first kappa shape index (κ1) is 6.80. The fourth-order valence-electron chi connectivity index (χ4n) is 1.59. The molecule has 1 heterocycles. The highest BCUT2D eigenvalue weighted by molar-refractivity contribution is 5.99. The van der Waals surface area contributed by atoms with Crippen molar-refractivity contribution >= 4 is 5.78 Å². The largest absolute Gasteiger partial charge is 0.312 e. The lowest BCUT2D eigenvalue weighted by molar-refractivity contribution is -0.115. The average Bonchev–Trinajstić information content (AvgIpc) is 2.06. The summed E-state index contributed by atoms with van der Waals surface area (Å²) in [5.74, 6) is 0.301. The Morgan fingerprint density at radius 2 is 2.36 bits per heavy atom. The summed E-state index contributed by atoms with van der Waals surface area (Å²) < 4.78 is 0. The Labute approximate surface area is 66.0 Å². The van der Waals surface area contributed by atoms with Gasteiger partial charge in [-0.1, -0.05) is 12.2 Å². The predicted octanol–water partition coefficient (Wildman–Crippen LogP) is 0.805. The van der Waals surface area contributed by atoms with E-state index in [1.165, 1.54) is 5.57 Å². The van der Waals surface area contributed by atoms with Gasteiger partial charge in [0.15, 0.2) is 5.78 Å². The Morgan fingerprint density at radius 3 is 3.18 bits per heavy atom. The summed E-state index contributed by atoms with van der Waals surface area (Å²) in [5.41, 5.74) is 2.26. The molecule has 0 radical (unpaired) electrons. The third kappa shape index (κ3) is 1.14. The summed E-state index contributed by atoms with van der Waals surface area (Å²) in [5, 5.41) is 3.20. The number of rotatable bonds is 0. The van der Waals surface area contributed by atoms with E-state index < -0.39 is 0 Å². The lowest BCUT2D eigenvalue weighted by atomic mass is 9.92. The van der Waals surface area contributed by atoms with Crippen molar-refractivity contribution in [1.29, 1.82) is 0 Å². The molecule has 0 amide bonds. The van der Waals surface area contributed by atoms with Crippen LogP contribution in [0.3, 0.4) is 0 Å². The maximum Gasteiger partial charge on any atom is 0.164 e. The number of Topliss-reactive ketones (excluding diaryl/α,β-unsaturated/α-hetero) is 1.